The number of carbonyl (C=O) groups is 1. The normalized spacial score (nSPS) is 11.0. The Morgan fingerprint density at radius 2 is 1.94 bits per heavy atom. The molecule has 0 saturated heterocycles. The smallest absolute Gasteiger partial charge is 0.349 e. The van der Waals surface area contributed by atoms with Gasteiger partial charge in [-0.1, -0.05) is 18.2 Å². The Kier molecular flexibility index (Phi) is 6.44. The SMILES string of the molecule is O=C(COc1ccc(C=Nn2c(=O)[nH]c3ccccc3c2=O)cc1[N+](=O)[O-])Nc1cccc(F)c1. The molecule has 176 valence electrons. The maximum Gasteiger partial charge on any atom is 0.349 e. The van der Waals surface area contributed by atoms with Gasteiger partial charge in [0.25, 0.3) is 11.5 Å². The summed E-state index contributed by atoms with van der Waals surface area (Å²) in [6.07, 6.45) is 1.11. The van der Waals surface area contributed by atoms with E-state index in [-0.39, 0.29) is 22.4 Å². The van der Waals surface area contributed by atoms with Crippen LogP contribution in [0.4, 0.5) is 15.8 Å². The number of carbonyl (C=O) groups excluding carboxylic acids is 1. The van der Waals surface area contributed by atoms with Crippen LogP contribution < -0.4 is 21.3 Å². The van der Waals surface area contributed by atoms with E-state index >= 15 is 0 Å². The third-order valence-electron chi connectivity index (χ3n) is 4.75. The highest BCUT2D eigenvalue weighted by Crippen LogP contribution is 2.27. The van der Waals surface area contributed by atoms with E-state index in [1.165, 1.54) is 36.4 Å². The summed E-state index contributed by atoms with van der Waals surface area (Å²) in [6.45, 7) is -0.563. The molecule has 35 heavy (non-hydrogen) atoms. The molecule has 0 fully saturated rings. The van der Waals surface area contributed by atoms with Crippen LogP contribution in [0.1, 0.15) is 5.56 Å². The molecule has 1 amide bonds. The minimum Gasteiger partial charge on any atom is -0.477 e. The monoisotopic (exact) mass is 477 g/mol. The lowest BCUT2D eigenvalue weighted by Gasteiger charge is -2.08. The summed E-state index contributed by atoms with van der Waals surface area (Å²) in [4.78, 5) is 50.1. The number of nitro groups is 1. The number of H-pyrrole nitrogens is 1. The Labute approximate surface area is 195 Å². The standard InChI is InChI=1S/C23H16FN5O6/c24-15-4-3-5-16(11-15)26-21(30)13-35-20-9-8-14(10-19(20)29(33)34)12-25-28-22(31)17-6-1-2-7-18(17)27-23(28)32/h1-12H,13H2,(H,26,30)(H,27,32). The molecule has 0 unspecified atom stereocenters. The number of nitro benzene ring substituents is 1. The Morgan fingerprint density at radius 1 is 1.14 bits per heavy atom. The minimum atomic E-state index is -0.774. The number of nitrogens with one attached hydrogen (secondary N) is 2. The minimum absolute atomic E-state index is 0.192. The van der Waals surface area contributed by atoms with Gasteiger partial charge >= 0.3 is 11.4 Å². The Balaban J connectivity index is 1.53. The molecule has 12 heteroatoms. The molecule has 11 nitrogen and oxygen atoms in total. The summed E-state index contributed by atoms with van der Waals surface area (Å²) in [6, 6.07) is 15.4. The van der Waals surface area contributed by atoms with Crippen molar-refractivity contribution >= 4 is 34.4 Å². The molecular weight excluding hydrogens is 461 g/mol. The number of benzene rings is 3. The molecule has 4 rings (SSSR count). The summed E-state index contributed by atoms with van der Waals surface area (Å²) >= 11 is 0. The number of rotatable bonds is 7. The summed E-state index contributed by atoms with van der Waals surface area (Å²) in [5.41, 5.74) is -1.13. The summed E-state index contributed by atoms with van der Waals surface area (Å²) in [5, 5.41) is 18.0. The van der Waals surface area contributed by atoms with E-state index in [1.807, 2.05) is 0 Å². The van der Waals surface area contributed by atoms with Gasteiger partial charge < -0.3 is 15.0 Å². The van der Waals surface area contributed by atoms with Crippen molar-refractivity contribution in [2.24, 2.45) is 5.10 Å². The first-order chi connectivity index (χ1) is 16.8. The van der Waals surface area contributed by atoms with Crippen LogP contribution in [-0.2, 0) is 4.79 Å². The van der Waals surface area contributed by atoms with Crippen molar-refractivity contribution in [1.29, 1.82) is 0 Å². The highest BCUT2D eigenvalue weighted by Gasteiger charge is 2.17. The van der Waals surface area contributed by atoms with Gasteiger partial charge in [-0.2, -0.15) is 5.10 Å². The van der Waals surface area contributed by atoms with E-state index < -0.39 is 40.2 Å². The van der Waals surface area contributed by atoms with Gasteiger partial charge in [-0.15, -0.1) is 4.68 Å². The molecule has 0 spiro atoms. The third-order valence-corrected chi connectivity index (χ3v) is 4.75. The van der Waals surface area contributed by atoms with E-state index in [4.69, 9.17) is 4.74 Å². The molecule has 0 atom stereocenters. The highest BCUT2D eigenvalue weighted by molar-refractivity contribution is 5.92. The molecule has 0 aliphatic rings. The van der Waals surface area contributed by atoms with E-state index in [2.05, 4.69) is 15.4 Å². The molecule has 3 aromatic carbocycles. The van der Waals surface area contributed by atoms with Crippen LogP contribution >= 0.6 is 0 Å². The number of fused-ring (bicyclic) bond motifs is 1. The number of aromatic nitrogens is 2. The average Bonchev–Trinajstić information content (AvgIpc) is 2.83. The van der Waals surface area contributed by atoms with Crippen LogP contribution in [0.25, 0.3) is 10.9 Å². The number of hydrogen-bond acceptors (Lipinski definition) is 7. The molecule has 0 saturated carbocycles. The van der Waals surface area contributed by atoms with Gasteiger partial charge in [0.1, 0.15) is 5.82 Å². The lowest BCUT2D eigenvalue weighted by molar-refractivity contribution is -0.385. The molecule has 0 radical (unpaired) electrons. The third kappa shape index (κ3) is 5.27. The van der Waals surface area contributed by atoms with E-state index in [1.54, 1.807) is 18.2 Å². The maximum absolute atomic E-state index is 13.2. The Hall–Kier alpha value is -5.13. The van der Waals surface area contributed by atoms with Crippen LogP contribution in [0.3, 0.4) is 0 Å². The van der Waals surface area contributed by atoms with Crippen molar-refractivity contribution in [2.45, 2.75) is 0 Å². The van der Waals surface area contributed by atoms with E-state index in [0.29, 0.717) is 10.2 Å². The van der Waals surface area contributed by atoms with Crippen molar-refractivity contribution in [3.8, 4) is 5.75 Å². The number of aromatic amines is 1. The number of amides is 1. The van der Waals surface area contributed by atoms with Crippen molar-refractivity contribution in [3.63, 3.8) is 0 Å². The fourth-order valence-electron chi connectivity index (χ4n) is 3.17. The second-order valence-electron chi connectivity index (χ2n) is 7.17. The lowest BCUT2D eigenvalue weighted by atomic mass is 10.2. The van der Waals surface area contributed by atoms with Gasteiger partial charge in [-0.3, -0.25) is 19.7 Å². The fraction of sp³-hybridized carbons (Fsp3) is 0.0435. The number of nitrogens with zero attached hydrogens (tertiary/aromatic N) is 3. The maximum atomic E-state index is 13.2. The zero-order valence-electron chi connectivity index (χ0n) is 17.8. The average molecular weight is 477 g/mol. The van der Waals surface area contributed by atoms with Gasteiger partial charge in [0, 0.05) is 17.3 Å². The van der Waals surface area contributed by atoms with Gasteiger partial charge in [-0.05, 0) is 42.5 Å². The summed E-state index contributed by atoms with van der Waals surface area (Å²) in [7, 11) is 0. The molecule has 0 aliphatic heterocycles. The Morgan fingerprint density at radius 3 is 2.71 bits per heavy atom. The molecule has 4 aromatic rings. The van der Waals surface area contributed by atoms with Crippen molar-refractivity contribution in [3.05, 3.63) is 109 Å². The number of para-hydroxylation sites is 1. The molecule has 0 bridgehead atoms. The van der Waals surface area contributed by atoms with Crippen molar-refractivity contribution < 1.29 is 18.8 Å². The van der Waals surface area contributed by atoms with Gasteiger partial charge in [0.15, 0.2) is 12.4 Å². The number of hydrogen-bond donors (Lipinski definition) is 2. The Bertz CT molecular complexity index is 1590. The zero-order chi connectivity index (χ0) is 24.9. The largest absolute Gasteiger partial charge is 0.477 e. The number of ether oxygens (including phenoxy) is 1. The number of halogens is 1. The fourth-order valence-corrected chi connectivity index (χ4v) is 3.17. The van der Waals surface area contributed by atoms with Crippen LogP contribution in [0.15, 0.2) is 81.4 Å². The first-order valence-electron chi connectivity index (χ1n) is 10.1. The zero-order valence-corrected chi connectivity index (χ0v) is 17.8. The first kappa shape index (κ1) is 23.0. The molecule has 0 aliphatic carbocycles. The first-order valence-corrected chi connectivity index (χ1v) is 10.1. The predicted octanol–water partition coefficient (Wildman–Crippen LogP) is 2.64. The van der Waals surface area contributed by atoms with Crippen molar-refractivity contribution in [1.82, 2.24) is 9.66 Å². The summed E-state index contributed by atoms with van der Waals surface area (Å²) in [5.74, 6) is -1.38. The molecular formula is C23H16FN5O6. The van der Waals surface area contributed by atoms with Gasteiger partial charge in [0.05, 0.1) is 22.0 Å². The van der Waals surface area contributed by atoms with Crippen LogP contribution in [0.5, 0.6) is 5.75 Å². The molecule has 1 heterocycles. The topological polar surface area (TPSA) is 149 Å². The highest BCUT2D eigenvalue weighted by atomic mass is 19.1. The molecule has 2 N–H and O–H groups in total. The second-order valence-corrected chi connectivity index (χ2v) is 7.17. The van der Waals surface area contributed by atoms with Crippen LogP contribution in [-0.4, -0.2) is 33.3 Å². The van der Waals surface area contributed by atoms with E-state index in [0.717, 1.165) is 18.3 Å². The van der Waals surface area contributed by atoms with Gasteiger partial charge in [-0.25, -0.2) is 9.18 Å². The van der Waals surface area contributed by atoms with Crippen LogP contribution in [0, 0.1) is 15.9 Å². The lowest BCUT2D eigenvalue weighted by Crippen LogP contribution is -2.32. The quantitative estimate of drug-likeness (QED) is 0.237. The van der Waals surface area contributed by atoms with Crippen LogP contribution in [0.2, 0.25) is 0 Å². The second kappa shape index (κ2) is 9.79. The summed E-state index contributed by atoms with van der Waals surface area (Å²) < 4.78 is 19.1. The van der Waals surface area contributed by atoms with Crippen molar-refractivity contribution in [2.75, 3.05) is 11.9 Å². The predicted molar refractivity (Wildman–Crippen MR) is 125 cm³/mol. The number of anilines is 1. The van der Waals surface area contributed by atoms with E-state index in [9.17, 15) is 28.9 Å². The van der Waals surface area contributed by atoms with Gasteiger partial charge in [0.2, 0.25) is 0 Å². The molecule has 1 aromatic heterocycles.